The van der Waals surface area contributed by atoms with E-state index >= 15 is 0 Å². The molecule has 0 radical (unpaired) electrons. The van der Waals surface area contributed by atoms with Crippen LogP contribution in [-0.2, 0) is 4.74 Å². The predicted octanol–water partition coefficient (Wildman–Crippen LogP) is 4.16. The quantitative estimate of drug-likeness (QED) is 0.585. The van der Waals surface area contributed by atoms with Crippen LogP contribution in [0, 0.1) is 0 Å². The lowest BCUT2D eigenvalue weighted by atomic mass is 10.2. The van der Waals surface area contributed by atoms with Crippen LogP contribution in [0.3, 0.4) is 0 Å². The van der Waals surface area contributed by atoms with Gasteiger partial charge in [-0.05, 0) is 44.2 Å². The lowest BCUT2D eigenvalue weighted by molar-refractivity contribution is -0.0385. The molecule has 3 aromatic rings. The van der Waals surface area contributed by atoms with Crippen LogP contribution in [0.15, 0.2) is 34.8 Å². The summed E-state index contributed by atoms with van der Waals surface area (Å²) in [5, 5.41) is 0. The third-order valence-corrected chi connectivity index (χ3v) is 6.51. The van der Waals surface area contributed by atoms with E-state index in [0.717, 1.165) is 31.3 Å². The Morgan fingerprint density at radius 3 is 2.68 bits per heavy atom. The molecule has 1 aromatic carbocycles. The molecule has 0 aliphatic carbocycles. The number of nitrogens with zero attached hydrogens (tertiary/aromatic N) is 4. The number of imidazole rings is 1. The Hall–Kier alpha value is -1.90. The molecule has 0 bridgehead atoms. The van der Waals surface area contributed by atoms with Crippen molar-refractivity contribution in [2.45, 2.75) is 26.0 Å². The van der Waals surface area contributed by atoms with Crippen LogP contribution < -0.4 is 4.90 Å². The Balaban J connectivity index is 1.77. The summed E-state index contributed by atoms with van der Waals surface area (Å²) in [5.74, 6) is 0.898. The van der Waals surface area contributed by atoms with Gasteiger partial charge in [0.1, 0.15) is 10.3 Å². The summed E-state index contributed by atoms with van der Waals surface area (Å²) in [6.45, 7) is 5.22. The second kappa shape index (κ2) is 7.50. The summed E-state index contributed by atoms with van der Waals surface area (Å²) >= 11 is 4.99. The Morgan fingerprint density at radius 2 is 2.00 bits per heavy atom. The second-order valence-electron chi connectivity index (χ2n) is 7.37. The van der Waals surface area contributed by atoms with Crippen LogP contribution in [0.1, 0.15) is 23.5 Å². The van der Waals surface area contributed by atoms with E-state index in [1.54, 1.807) is 0 Å². The number of benzene rings is 1. The minimum Gasteiger partial charge on any atom is -0.375 e. The van der Waals surface area contributed by atoms with Crippen LogP contribution in [-0.4, -0.2) is 59.8 Å². The lowest BCUT2D eigenvalue weighted by Crippen LogP contribution is -2.50. The molecule has 6 nitrogen and oxygen atoms in total. The molecule has 2 aromatic heterocycles. The molecule has 28 heavy (non-hydrogen) atoms. The average molecular weight is 463 g/mol. The molecule has 148 valence electrons. The Kier molecular flexibility index (Phi) is 5.20. The number of carbonyl (C=O) groups is 1. The van der Waals surface area contributed by atoms with Gasteiger partial charge >= 0.3 is 0 Å². The van der Waals surface area contributed by atoms with Crippen LogP contribution in [0.5, 0.6) is 0 Å². The van der Waals surface area contributed by atoms with Crippen molar-refractivity contribution in [3.63, 3.8) is 0 Å². The maximum Gasteiger partial charge on any atom is 0.264 e. The highest BCUT2D eigenvalue weighted by Gasteiger charge is 2.30. The number of hydrogen-bond acceptors (Lipinski definition) is 5. The summed E-state index contributed by atoms with van der Waals surface area (Å²) in [6, 6.07) is 10.1. The fourth-order valence-electron chi connectivity index (χ4n) is 3.42. The Labute approximate surface area is 176 Å². The summed E-state index contributed by atoms with van der Waals surface area (Å²) in [7, 11) is 3.95. The van der Waals surface area contributed by atoms with Crippen molar-refractivity contribution in [2.75, 3.05) is 32.1 Å². The van der Waals surface area contributed by atoms with Crippen LogP contribution in [0.2, 0.25) is 0 Å². The van der Waals surface area contributed by atoms with Gasteiger partial charge in [0, 0.05) is 30.8 Å². The number of amides is 1. The van der Waals surface area contributed by atoms with Gasteiger partial charge in [0.15, 0.2) is 0 Å². The van der Waals surface area contributed by atoms with Gasteiger partial charge in [-0.3, -0.25) is 9.36 Å². The Bertz CT molecular complexity index is 1010. The molecule has 8 heteroatoms. The molecule has 0 N–H and O–H groups in total. The fraction of sp³-hybridized carbons (Fsp3) is 0.400. The minimum absolute atomic E-state index is 0.0550. The maximum absolute atomic E-state index is 13.2. The van der Waals surface area contributed by atoms with E-state index in [-0.39, 0.29) is 18.1 Å². The standard InChI is InChI=1S/C20H23BrN4O2S/c1-12-11-27-13(2)10-24(12)18(26)17-9-16-19(28-17)25(20(22-16)23(3)4)15-7-5-14(21)6-8-15/h5-9,12-13H,10-11H2,1-4H3. The van der Waals surface area contributed by atoms with Gasteiger partial charge in [0.25, 0.3) is 5.91 Å². The van der Waals surface area contributed by atoms with E-state index in [4.69, 9.17) is 9.72 Å². The molecule has 0 saturated carbocycles. The van der Waals surface area contributed by atoms with Crippen molar-refractivity contribution in [1.82, 2.24) is 14.5 Å². The first-order valence-corrected chi connectivity index (χ1v) is 10.8. The predicted molar refractivity (Wildman–Crippen MR) is 117 cm³/mol. The van der Waals surface area contributed by atoms with Gasteiger partial charge < -0.3 is 14.5 Å². The molecule has 1 aliphatic heterocycles. The van der Waals surface area contributed by atoms with Crippen molar-refractivity contribution >= 4 is 49.5 Å². The van der Waals surface area contributed by atoms with Crippen LogP contribution in [0.25, 0.3) is 16.0 Å². The highest BCUT2D eigenvalue weighted by molar-refractivity contribution is 9.10. The van der Waals surface area contributed by atoms with Crippen LogP contribution in [0.4, 0.5) is 5.95 Å². The number of halogens is 1. The number of ether oxygens (including phenoxy) is 1. The smallest absolute Gasteiger partial charge is 0.264 e. The summed E-state index contributed by atoms with van der Waals surface area (Å²) in [4.78, 5) is 23.5. The second-order valence-corrected chi connectivity index (χ2v) is 9.32. The SMILES string of the molecule is CC1CN(C(=O)c2cc3nc(N(C)C)n(-c4ccc(Br)cc4)c3s2)C(C)CO1. The van der Waals surface area contributed by atoms with E-state index in [9.17, 15) is 4.79 Å². The molecule has 1 saturated heterocycles. The summed E-state index contributed by atoms with van der Waals surface area (Å²) in [6.07, 6.45) is 0.0598. The van der Waals surface area contributed by atoms with Gasteiger partial charge in [-0.2, -0.15) is 0 Å². The third-order valence-electron chi connectivity index (χ3n) is 4.88. The highest BCUT2D eigenvalue weighted by Crippen LogP contribution is 2.34. The molecular weight excluding hydrogens is 440 g/mol. The number of fused-ring (bicyclic) bond motifs is 1. The van der Waals surface area contributed by atoms with Gasteiger partial charge in [0.2, 0.25) is 5.95 Å². The normalized spacial score (nSPS) is 20.0. The first-order chi connectivity index (χ1) is 13.3. The first kappa shape index (κ1) is 19.4. The number of rotatable bonds is 3. The average Bonchev–Trinajstić information content (AvgIpc) is 3.22. The summed E-state index contributed by atoms with van der Waals surface area (Å²) < 4.78 is 8.79. The largest absolute Gasteiger partial charge is 0.375 e. The maximum atomic E-state index is 13.2. The third kappa shape index (κ3) is 3.44. The van der Waals surface area contributed by atoms with Crippen molar-refractivity contribution in [1.29, 1.82) is 0 Å². The number of anilines is 1. The molecule has 1 aliphatic rings. The molecule has 1 amide bonds. The number of hydrogen-bond donors (Lipinski definition) is 0. The zero-order chi connectivity index (χ0) is 20.0. The Morgan fingerprint density at radius 1 is 1.29 bits per heavy atom. The van der Waals surface area contributed by atoms with Crippen LogP contribution >= 0.6 is 27.3 Å². The van der Waals surface area contributed by atoms with E-state index < -0.39 is 0 Å². The van der Waals surface area contributed by atoms with E-state index in [1.807, 2.05) is 68.1 Å². The van der Waals surface area contributed by atoms with Gasteiger partial charge in [0.05, 0.1) is 23.6 Å². The number of carbonyl (C=O) groups excluding carboxylic acids is 1. The monoisotopic (exact) mass is 462 g/mol. The molecule has 1 fully saturated rings. The topological polar surface area (TPSA) is 50.6 Å². The van der Waals surface area contributed by atoms with Gasteiger partial charge in [-0.1, -0.05) is 15.9 Å². The summed E-state index contributed by atoms with van der Waals surface area (Å²) in [5.41, 5.74) is 1.86. The van der Waals surface area contributed by atoms with Crippen molar-refractivity contribution in [3.05, 3.63) is 39.7 Å². The highest BCUT2D eigenvalue weighted by atomic mass is 79.9. The van der Waals surface area contributed by atoms with Crippen molar-refractivity contribution in [2.24, 2.45) is 0 Å². The van der Waals surface area contributed by atoms with Gasteiger partial charge in [-0.25, -0.2) is 4.98 Å². The molecule has 2 atom stereocenters. The molecule has 3 heterocycles. The molecular formula is C20H23BrN4O2S. The van der Waals surface area contributed by atoms with Gasteiger partial charge in [-0.15, -0.1) is 11.3 Å². The molecule has 2 unspecified atom stereocenters. The van der Waals surface area contributed by atoms with E-state index in [2.05, 4.69) is 20.5 Å². The van der Waals surface area contributed by atoms with Crippen molar-refractivity contribution in [3.8, 4) is 5.69 Å². The first-order valence-electron chi connectivity index (χ1n) is 9.23. The zero-order valence-corrected chi connectivity index (χ0v) is 18.7. The number of aromatic nitrogens is 2. The van der Waals surface area contributed by atoms with E-state index in [1.165, 1.54) is 11.3 Å². The lowest BCUT2D eigenvalue weighted by Gasteiger charge is -2.36. The minimum atomic E-state index is 0.0550. The molecule has 4 rings (SSSR count). The number of thiophene rings is 1. The number of morpholine rings is 1. The molecule has 0 spiro atoms. The van der Waals surface area contributed by atoms with E-state index in [0.29, 0.717) is 13.2 Å². The zero-order valence-electron chi connectivity index (χ0n) is 16.3. The van der Waals surface area contributed by atoms with Crippen molar-refractivity contribution < 1.29 is 9.53 Å². The fourth-order valence-corrected chi connectivity index (χ4v) is 4.75.